The molecule has 0 aliphatic carbocycles. The van der Waals surface area contributed by atoms with Crippen LogP contribution in [0.25, 0.3) is 0 Å². The van der Waals surface area contributed by atoms with E-state index in [0.717, 1.165) is 21.2 Å². The summed E-state index contributed by atoms with van der Waals surface area (Å²) in [4.78, 5) is 1.24. The number of halogens is 2. The van der Waals surface area contributed by atoms with E-state index in [1.165, 1.54) is 10.4 Å². The highest BCUT2D eigenvalue weighted by molar-refractivity contribution is 9.13. The molecule has 1 heterocycles. The van der Waals surface area contributed by atoms with E-state index in [1.54, 1.807) is 11.3 Å². The molecule has 1 atom stereocenters. The van der Waals surface area contributed by atoms with Gasteiger partial charge in [-0.15, -0.1) is 11.3 Å². The normalized spacial score (nSPS) is 12.6. The molecule has 19 heavy (non-hydrogen) atoms. The van der Waals surface area contributed by atoms with Gasteiger partial charge in [-0.05, 0) is 49.9 Å². The van der Waals surface area contributed by atoms with Crippen LogP contribution in [0.3, 0.4) is 0 Å². The van der Waals surface area contributed by atoms with Crippen LogP contribution in [0.5, 0.6) is 0 Å². The Hall–Kier alpha value is -0.200. The molecule has 0 spiro atoms. The van der Waals surface area contributed by atoms with Gasteiger partial charge in [0, 0.05) is 21.9 Å². The van der Waals surface area contributed by atoms with Crippen molar-refractivity contribution < 1.29 is 5.11 Å². The summed E-state index contributed by atoms with van der Waals surface area (Å²) in [5.74, 6) is 0. The summed E-state index contributed by atoms with van der Waals surface area (Å²) in [6.07, 6.45) is 0.838. The molecule has 0 saturated carbocycles. The monoisotopic (exact) mass is 403 g/mol. The first-order valence-electron chi connectivity index (χ1n) is 6.01. The van der Waals surface area contributed by atoms with Crippen molar-refractivity contribution in [2.75, 3.05) is 6.61 Å². The van der Waals surface area contributed by atoms with Crippen molar-refractivity contribution in [2.45, 2.75) is 19.0 Å². The molecule has 0 amide bonds. The summed E-state index contributed by atoms with van der Waals surface area (Å²) < 4.78 is 2.19. The number of thiophene rings is 1. The van der Waals surface area contributed by atoms with Crippen LogP contribution in [0, 0.1) is 0 Å². The number of nitrogens with one attached hydrogen (secondary N) is 1. The summed E-state index contributed by atoms with van der Waals surface area (Å²) in [5, 5.41) is 12.8. The maximum atomic E-state index is 9.45. The minimum Gasteiger partial charge on any atom is -0.395 e. The molecule has 0 bridgehead atoms. The lowest BCUT2D eigenvalue weighted by molar-refractivity contribution is 0.241. The number of aliphatic hydroxyl groups excluding tert-OH is 1. The molecule has 2 N–H and O–H groups in total. The van der Waals surface area contributed by atoms with Crippen molar-refractivity contribution >= 4 is 43.2 Å². The average Bonchev–Trinajstić information content (AvgIpc) is 2.75. The maximum Gasteiger partial charge on any atom is 0.0843 e. The lowest BCUT2D eigenvalue weighted by Crippen LogP contribution is -2.33. The van der Waals surface area contributed by atoms with E-state index in [-0.39, 0.29) is 12.6 Å². The summed E-state index contributed by atoms with van der Waals surface area (Å²) in [6.45, 7) is 0.912. The fourth-order valence-electron chi connectivity index (χ4n) is 1.82. The van der Waals surface area contributed by atoms with Gasteiger partial charge in [0.05, 0.1) is 10.4 Å². The highest BCUT2D eigenvalue weighted by atomic mass is 79.9. The Kier molecular flexibility index (Phi) is 6.04. The molecule has 2 aromatic rings. The van der Waals surface area contributed by atoms with Crippen LogP contribution in [-0.4, -0.2) is 17.8 Å². The minimum atomic E-state index is 0.0852. The predicted molar refractivity (Wildman–Crippen MR) is 87.6 cm³/mol. The van der Waals surface area contributed by atoms with Gasteiger partial charge in [-0.1, -0.05) is 30.3 Å². The number of hydrogen-bond acceptors (Lipinski definition) is 3. The smallest absolute Gasteiger partial charge is 0.0843 e. The lowest BCUT2D eigenvalue weighted by atomic mass is 10.1. The van der Waals surface area contributed by atoms with E-state index in [1.807, 2.05) is 18.2 Å². The first-order valence-corrected chi connectivity index (χ1v) is 8.41. The Labute approximate surface area is 134 Å². The van der Waals surface area contributed by atoms with Gasteiger partial charge in [0.25, 0.3) is 0 Å². The first kappa shape index (κ1) is 15.2. The molecule has 0 fully saturated rings. The molecular weight excluding hydrogens is 390 g/mol. The molecule has 0 aliphatic rings. The SMILES string of the molecule is OCC(Cc1ccccc1)NCc1cc(Br)c(Br)s1. The molecule has 5 heteroatoms. The quantitative estimate of drug-likeness (QED) is 0.763. The molecular formula is C14H15Br2NOS. The first-order chi connectivity index (χ1) is 9.19. The lowest BCUT2D eigenvalue weighted by Gasteiger charge is -2.15. The van der Waals surface area contributed by atoms with Crippen LogP contribution < -0.4 is 5.32 Å². The summed E-state index contributed by atoms with van der Waals surface area (Å²) in [6, 6.07) is 12.4. The van der Waals surface area contributed by atoms with Crippen LogP contribution in [0.4, 0.5) is 0 Å². The van der Waals surface area contributed by atoms with Crippen LogP contribution >= 0.6 is 43.2 Å². The van der Waals surface area contributed by atoms with Crippen LogP contribution in [0.15, 0.2) is 44.7 Å². The summed E-state index contributed by atoms with van der Waals surface area (Å²) in [5.41, 5.74) is 1.24. The van der Waals surface area contributed by atoms with E-state index in [0.29, 0.717) is 0 Å². The van der Waals surface area contributed by atoms with Gasteiger partial charge in [-0.2, -0.15) is 0 Å². The zero-order chi connectivity index (χ0) is 13.7. The fraction of sp³-hybridized carbons (Fsp3) is 0.286. The van der Waals surface area contributed by atoms with Gasteiger partial charge in [-0.25, -0.2) is 0 Å². The van der Waals surface area contributed by atoms with E-state index >= 15 is 0 Å². The highest BCUT2D eigenvalue weighted by Gasteiger charge is 2.10. The zero-order valence-corrected chi connectivity index (χ0v) is 14.3. The molecule has 1 aromatic heterocycles. The second-order valence-corrected chi connectivity index (χ2v) is 7.59. The molecule has 0 radical (unpaired) electrons. The third-order valence-corrected chi connectivity index (χ3v) is 6.06. The topological polar surface area (TPSA) is 32.3 Å². The third kappa shape index (κ3) is 4.68. The van der Waals surface area contributed by atoms with Crippen molar-refractivity contribution in [3.63, 3.8) is 0 Å². The summed E-state index contributed by atoms with van der Waals surface area (Å²) >= 11 is 8.67. The fourth-order valence-corrected chi connectivity index (χ4v) is 3.95. The van der Waals surface area contributed by atoms with Gasteiger partial charge < -0.3 is 10.4 Å². The second kappa shape index (κ2) is 7.55. The highest BCUT2D eigenvalue weighted by Crippen LogP contribution is 2.32. The molecule has 1 aromatic carbocycles. The van der Waals surface area contributed by atoms with Crippen LogP contribution in [0.2, 0.25) is 0 Å². The molecule has 2 nitrogen and oxygen atoms in total. The minimum absolute atomic E-state index is 0.0852. The van der Waals surface area contributed by atoms with Crippen molar-refractivity contribution in [2.24, 2.45) is 0 Å². The third-order valence-electron chi connectivity index (χ3n) is 2.81. The van der Waals surface area contributed by atoms with Crippen molar-refractivity contribution in [1.82, 2.24) is 5.32 Å². The maximum absolute atomic E-state index is 9.45. The van der Waals surface area contributed by atoms with Crippen molar-refractivity contribution in [3.05, 3.63) is 55.1 Å². The molecule has 102 valence electrons. The van der Waals surface area contributed by atoms with Crippen molar-refractivity contribution in [3.8, 4) is 0 Å². The molecule has 0 saturated heterocycles. The predicted octanol–water partition coefficient (Wildman–Crippen LogP) is 3.97. The number of hydrogen-bond donors (Lipinski definition) is 2. The average molecular weight is 405 g/mol. The van der Waals surface area contributed by atoms with E-state index in [9.17, 15) is 5.11 Å². The van der Waals surface area contributed by atoms with Gasteiger partial charge in [0.2, 0.25) is 0 Å². The van der Waals surface area contributed by atoms with Crippen LogP contribution in [0.1, 0.15) is 10.4 Å². The molecule has 1 unspecified atom stereocenters. The standard InChI is InChI=1S/C14H15Br2NOS/c15-13-7-12(19-14(13)16)8-17-11(9-18)6-10-4-2-1-3-5-10/h1-5,7,11,17-18H,6,8-9H2. The van der Waals surface area contributed by atoms with E-state index < -0.39 is 0 Å². The molecule has 2 rings (SSSR count). The Morgan fingerprint density at radius 2 is 1.95 bits per heavy atom. The van der Waals surface area contributed by atoms with E-state index in [4.69, 9.17) is 0 Å². The van der Waals surface area contributed by atoms with Crippen molar-refractivity contribution in [1.29, 1.82) is 0 Å². The Morgan fingerprint density at radius 3 is 2.53 bits per heavy atom. The Bertz CT molecular complexity index is 496. The number of benzene rings is 1. The molecule has 0 aliphatic heterocycles. The number of aliphatic hydroxyl groups is 1. The largest absolute Gasteiger partial charge is 0.395 e. The van der Waals surface area contributed by atoms with Gasteiger partial charge in [0.1, 0.15) is 0 Å². The van der Waals surface area contributed by atoms with Crippen LogP contribution in [-0.2, 0) is 13.0 Å². The number of rotatable bonds is 6. The van der Waals surface area contributed by atoms with E-state index in [2.05, 4.69) is 55.4 Å². The van der Waals surface area contributed by atoms with Gasteiger partial charge in [-0.3, -0.25) is 0 Å². The van der Waals surface area contributed by atoms with Gasteiger partial charge in [0.15, 0.2) is 0 Å². The zero-order valence-electron chi connectivity index (χ0n) is 10.3. The second-order valence-electron chi connectivity index (χ2n) is 4.28. The Balaban J connectivity index is 1.89. The van der Waals surface area contributed by atoms with Gasteiger partial charge >= 0.3 is 0 Å². The summed E-state index contributed by atoms with van der Waals surface area (Å²) in [7, 11) is 0. The Morgan fingerprint density at radius 1 is 1.21 bits per heavy atom.